The van der Waals surface area contributed by atoms with Gasteiger partial charge in [-0.1, -0.05) is 23.2 Å². The van der Waals surface area contributed by atoms with Crippen molar-refractivity contribution in [3.8, 4) is 11.3 Å². The highest BCUT2D eigenvalue weighted by atomic mass is 35.5. The van der Waals surface area contributed by atoms with E-state index in [1.54, 1.807) is 37.6 Å². The lowest BCUT2D eigenvalue weighted by Gasteiger charge is -2.33. The highest BCUT2D eigenvalue weighted by Gasteiger charge is 2.29. The summed E-state index contributed by atoms with van der Waals surface area (Å²) < 4.78 is 1.52. The summed E-state index contributed by atoms with van der Waals surface area (Å²) >= 11 is 12.1. The molecule has 0 amide bonds. The van der Waals surface area contributed by atoms with Crippen LogP contribution in [-0.4, -0.2) is 33.4 Å². The number of Topliss-reactive ketones (excluding diaryl/α,β-unsaturated/α-hetero) is 1. The van der Waals surface area contributed by atoms with E-state index in [2.05, 4.69) is 4.98 Å². The van der Waals surface area contributed by atoms with Crippen LogP contribution in [0.5, 0.6) is 0 Å². The fourth-order valence-electron chi connectivity index (χ4n) is 3.79. The van der Waals surface area contributed by atoms with Crippen LogP contribution >= 0.6 is 23.2 Å². The van der Waals surface area contributed by atoms with Gasteiger partial charge in [-0.05, 0) is 43.2 Å². The van der Waals surface area contributed by atoms with Crippen LogP contribution in [-0.2, 0) is 7.05 Å². The number of halogens is 2. The molecule has 1 atom stereocenters. The summed E-state index contributed by atoms with van der Waals surface area (Å²) in [6, 6.07) is 10.0. The maximum absolute atomic E-state index is 13.1. The van der Waals surface area contributed by atoms with E-state index < -0.39 is 0 Å². The van der Waals surface area contributed by atoms with Crippen LogP contribution in [0.15, 0.2) is 53.6 Å². The van der Waals surface area contributed by atoms with Gasteiger partial charge in [0.25, 0.3) is 5.56 Å². The van der Waals surface area contributed by atoms with Gasteiger partial charge in [-0.15, -0.1) is 0 Å². The average Bonchev–Trinajstić information content (AvgIpc) is 2.75. The van der Waals surface area contributed by atoms with Gasteiger partial charge in [-0.25, -0.2) is 4.98 Å². The zero-order valence-corrected chi connectivity index (χ0v) is 17.9. The minimum atomic E-state index is -0.227. The SMILES string of the molecule is Cn1c(N2CCCC(C(=O)c3cc(Cl)cc(Cl)c3)C2)nc(-c2ccncc2)cc1=O. The quantitative estimate of drug-likeness (QED) is 0.564. The van der Waals surface area contributed by atoms with Crippen molar-refractivity contribution < 1.29 is 4.79 Å². The number of ketones is 1. The van der Waals surface area contributed by atoms with Crippen molar-refractivity contribution >= 4 is 34.9 Å². The van der Waals surface area contributed by atoms with E-state index in [4.69, 9.17) is 28.2 Å². The lowest BCUT2D eigenvalue weighted by Crippen LogP contribution is -2.41. The van der Waals surface area contributed by atoms with Gasteiger partial charge in [0.1, 0.15) is 0 Å². The molecule has 1 saturated heterocycles. The van der Waals surface area contributed by atoms with Gasteiger partial charge >= 0.3 is 0 Å². The second-order valence-electron chi connectivity index (χ2n) is 7.38. The number of hydrogen-bond acceptors (Lipinski definition) is 5. The molecule has 1 aromatic carbocycles. The number of anilines is 1. The molecule has 30 heavy (non-hydrogen) atoms. The lowest BCUT2D eigenvalue weighted by molar-refractivity contribution is 0.0906. The topological polar surface area (TPSA) is 68.1 Å². The Labute approximate surface area is 184 Å². The van der Waals surface area contributed by atoms with E-state index in [1.165, 1.54) is 10.6 Å². The van der Waals surface area contributed by atoms with Crippen molar-refractivity contribution in [2.24, 2.45) is 13.0 Å². The van der Waals surface area contributed by atoms with Crippen LogP contribution in [0, 0.1) is 5.92 Å². The summed E-state index contributed by atoms with van der Waals surface area (Å²) in [6.45, 7) is 1.20. The second kappa shape index (κ2) is 8.58. The molecule has 1 fully saturated rings. The van der Waals surface area contributed by atoms with Gasteiger partial charge in [0.2, 0.25) is 5.95 Å². The van der Waals surface area contributed by atoms with Gasteiger partial charge in [-0.2, -0.15) is 0 Å². The van der Waals surface area contributed by atoms with E-state index >= 15 is 0 Å². The predicted octanol–water partition coefficient (Wildman–Crippen LogP) is 4.25. The van der Waals surface area contributed by atoms with Crippen molar-refractivity contribution in [2.45, 2.75) is 12.8 Å². The first kappa shape index (κ1) is 20.6. The molecule has 0 bridgehead atoms. The number of piperidine rings is 1. The fraction of sp³-hybridized carbons (Fsp3) is 0.273. The lowest BCUT2D eigenvalue weighted by atomic mass is 9.90. The summed E-state index contributed by atoms with van der Waals surface area (Å²) in [6.07, 6.45) is 4.91. The molecule has 0 N–H and O–H groups in total. The first-order valence-corrected chi connectivity index (χ1v) is 10.4. The third kappa shape index (κ3) is 4.25. The average molecular weight is 443 g/mol. The van der Waals surface area contributed by atoms with Crippen molar-refractivity contribution in [2.75, 3.05) is 18.0 Å². The van der Waals surface area contributed by atoms with Crippen molar-refractivity contribution in [3.63, 3.8) is 0 Å². The highest BCUT2D eigenvalue weighted by Crippen LogP contribution is 2.27. The van der Waals surface area contributed by atoms with Gasteiger partial charge in [0, 0.05) is 65.7 Å². The van der Waals surface area contributed by atoms with Crippen molar-refractivity contribution in [3.05, 3.63) is 74.8 Å². The Bertz CT molecular complexity index is 1130. The first-order valence-electron chi connectivity index (χ1n) is 9.66. The number of pyridine rings is 1. The third-order valence-electron chi connectivity index (χ3n) is 5.31. The zero-order valence-electron chi connectivity index (χ0n) is 16.4. The molecule has 0 spiro atoms. The minimum absolute atomic E-state index is 0.000566. The minimum Gasteiger partial charge on any atom is -0.341 e. The second-order valence-corrected chi connectivity index (χ2v) is 8.25. The Kier molecular flexibility index (Phi) is 5.88. The van der Waals surface area contributed by atoms with Gasteiger partial charge in [0.05, 0.1) is 5.69 Å². The Hall–Kier alpha value is -2.70. The summed E-state index contributed by atoms with van der Waals surface area (Å²) in [5.41, 5.74) is 1.77. The van der Waals surface area contributed by atoms with Crippen LogP contribution in [0.25, 0.3) is 11.3 Å². The number of rotatable bonds is 4. The molecule has 1 aliphatic heterocycles. The summed E-state index contributed by atoms with van der Waals surface area (Å²) in [4.78, 5) is 36.4. The first-order chi connectivity index (χ1) is 14.4. The number of nitrogens with zero attached hydrogens (tertiary/aromatic N) is 4. The molecule has 3 heterocycles. The van der Waals surface area contributed by atoms with E-state index in [0.717, 1.165) is 24.9 Å². The normalized spacial score (nSPS) is 16.5. The highest BCUT2D eigenvalue weighted by molar-refractivity contribution is 6.35. The molecular weight excluding hydrogens is 423 g/mol. The van der Waals surface area contributed by atoms with Crippen LogP contribution in [0.3, 0.4) is 0 Å². The summed E-state index contributed by atoms with van der Waals surface area (Å²) in [5.74, 6) is 0.324. The van der Waals surface area contributed by atoms with Crippen molar-refractivity contribution in [1.82, 2.24) is 14.5 Å². The molecule has 0 radical (unpaired) electrons. The molecule has 154 valence electrons. The molecule has 6 nitrogen and oxygen atoms in total. The molecule has 8 heteroatoms. The number of aromatic nitrogens is 3. The molecule has 1 aliphatic rings. The number of carbonyl (C=O) groups excluding carboxylic acids is 1. The van der Waals surface area contributed by atoms with Gasteiger partial charge in [0.15, 0.2) is 5.78 Å². The number of hydrogen-bond donors (Lipinski definition) is 0. The molecule has 0 saturated carbocycles. The maximum atomic E-state index is 13.1. The third-order valence-corrected chi connectivity index (χ3v) is 5.75. The fourth-order valence-corrected chi connectivity index (χ4v) is 4.31. The molecule has 0 aliphatic carbocycles. The molecular formula is C22H20Cl2N4O2. The van der Waals surface area contributed by atoms with Crippen LogP contribution in [0.4, 0.5) is 5.95 Å². The standard InChI is InChI=1S/C22H20Cl2N4O2/c1-27-20(29)12-19(14-4-6-25-7-5-14)26-22(27)28-8-2-3-15(13-28)21(30)16-9-17(23)11-18(24)10-16/h4-7,9-12,15H,2-3,8,13H2,1H3. The van der Waals surface area contributed by atoms with E-state index in [0.29, 0.717) is 33.8 Å². The van der Waals surface area contributed by atoms with Crippen LogP contribution in [0.1, 0.15) is 23.2 Å². The predicted molar refractivity (Wildman–Crippen MR) is 118 cm³/mol. The Morgan fingerprint density at radius 1 is 1.10 bits per heavy atom. The van der Waals surface area contributed by atoms with Gasteiger partial charge in [-0.3, -0.25) is 19.1 Å². The Morgan fingerprint density at radius 2 is 1.80 bits per heavy atom. The number of benzene rings is 1. The zero-order chi connectivity index (χ0) is 21.3. The largest absolute Gasteiger partial charge is 0.341 e. The van der Waals surface area contributed by atoms with E-state index in [-0.39, 0.29) is 17.3 Å². The van der Waals surface area contributed by atoms with E-state index in [9.17, 15) is 9.59 Å². The van der Waals surface area contributed by atoms with Gasteiger partial charge < -0.3 is 4.90 Å². The smallest absolute Gasteiger partial charge is 0.255 e. The Balaban J connectivity index is 1.64. The van der Waals surface area contributed by atoms with Crippen LogP contribution in [0.2, 0.25) is 10.0 Å². The number of carbonyl (C=O) groups is 1. The molecule has 4 rings (SSSR count). The Morgan fingerprint density at radius 3 is 2.50 bits per heavy atom. The molecule has 2 aromatic heterocycles. The van der Waals surface area contributed by atoms with Crippen LogP contribution < -0.4 is 10.5 Å². The molecule has 3 aromatic rings. The maximum Gasteiger partial charge on any atom is 0.255 e. The summed E-state index contributed by atoms with van der Waals surface area (Å²) in [5, 5.41) is 0.875. The van der Waals surface area contributed by atoms with E-state index in [1.807, 2.05) is 17.0 Å². The summed E-state index contributed by atoms with van der Waals surface area (Å²) in [7, 11) is 1.70. The monoisotopic (exact) mass is 442 g/mol. The molecule has 1 unspecified atom stereocenters. The van der Waals surface area contributed by atoms with Crippen molar-refractivity contribution in [1.29, 1.82) is 0 Å².